The summed E-state index contributed by atoms with van der Waals surface area (Å²) in [6, 6.07) is 8.80. The van der Waals surface area contributed by atoms with Crippen LogP contribution in [0.1, 0.15) is 5.56 Å². The van der Waals surface area contributed by atoms with E-state index in [2.05, 4.69) is 0 Å². The van der Waals surface area contributed by atoms with E-state index in [0.717, 1.165) is 12.1 Å². The zero-order valence-corrected chi connectivity index (χ0v) is 13.4. The lowest BCUT2D eigenvalue weighted by Crippen LogP contribution is -2.66. The molecule has 26 heavy (non-hydrogen) atoms. The van der Waals surface area contributed by atoms with E-state index in [0.29, 0.717) is 16.6 Å². The van der Waals surface area contributed by atoms with Crippen LogP contribution in [0.2, 0.25) is 0 Å². The average Bonchev–Trinajstić information content (AvgIpc) is 2.59. The van der Waals surface area contributed by atoms with E-state index >= 15 is 0 Å². The molecule has 0 bridgehead atoms. The van der Waals surface area contributed by atoms with Crippen LogP contribution >= 0.6 is 11.8 Å². The van der Waals surface area contributed by atoms with E-state index in [1.807, 2.05) is 0 Å². The van der Waals surface area contributed by atoms with Gasteiger partial charge in [0.05, 0.1) is 5.56 Å². The Balaban J connectivity index is 1.99. The van der Waals surface area contributed by atoms with E-state index in [1.54, 1.807) is 0 Å². The number of aliphatic carboxylic acids is 1. The molecule has 136 valence electrons. The Morgan fingerprint density at radius 3 is 2.35 bits per heavy atom. The van der Waals surface area contributed by atoms with Gasteiger partial charge in [-0.1, -0.05) is 12.1 Å². The molecule has 1 aliphatic rings. The number of para-hydroxylation sites is 2. The second-order valence-corrected chi connectivity index (χ2v) is 5.52. The van der Waals surface area contributed by atoms with Gasteiger partial charge in [-0.2, -0.15) is 13.2 Å². The summed E-state index contributed by atoms with van der Waals surface area (Å²) < 4.78 is 48.6. The third-order valence-electron chi connectivity index (χ3n) is 3.50. The van der Waals surface area contributed by atoms with E-state index in [4.69, 9.17) is 21.3 Å². The van der Waals surface area contributed by atoms with Crippen LogP contribution in [-0.2, 0) is 15.8 Å². The summed E-state index contributed by atoms with van der Waals surface area (Å²) in [5.74, 6) is -6.82. The first kappa shape index (κ1) is 17.9. The fraction of sp³-hybridized carbons (Fsp3) is 0.125. The van der Waals surface area contributed by atoms with Gasteiger partial charge >= 0.3 is 17.9 Å². The maximum absolute atomic E-state index is 12.6. The molecule has 0 fully saturated rings. The molecule has 0 N–H and O–H groups in total. The highest BCUT2D eigenvalue weighted by molar-refractivity contribution is 6.40. The Morgan fingerprint density at radius 2 is 1.77 bits per heavy atom. The summed E-state index contributed by atoms with van der Waals surface area (Å²) in [4.78, 5) is 24.1. The normalized spacial score (nSPS) is 19.5. The zero-order chi connectivity index (χ0) is 19.1. The SMILES string of the molecule is O=C([O-])C1(Oc2ccc(C(F)(F)F)cc2)Oc2ccccc2N(Cl)C1=O. The van der Waals surface area contributed by atoms with Gasteiger partial charge in [-0.3, -0.25) is 4.79 Å². The molecular formula is C16H8ClF3NO5-. The molecule has 0 saturated carbocycles. The molecule has 3 rings (SSSR count). The second-order valence-electron chi connectivity index (χ2n) is 5.18. The number of carbonyl (C=O) groups is 2. The van der Waals surface area contributed by atoms with Crippen molar-refractivity contribution in [2.45, 2.75) is 12.0 Å². The van der Waals surface area contributed by atoms with Gasteiger partial charge in [0.2, 0.25) is 0 Å². The molecule has 1 aliphatic heterocycles. The van der Waals surface area contributed by atoms with Crippen LogP contribution in [0.4, 0.5) is 18.9 Å². The number of carbonyl (C=O) groups excluding carboxylic acids is 2. The Morgan fingerprint density at radius 1 is 1.15 bits per heavy atom. The number of hydrogen-bond donors (Lipinski definition) is 0. The van der Waals surface area contributed by atoms with Gasteiger partial charge in [0.25, 0.3) is 0 Å². The maximum Gasteiger partial charge on any atom is 0.416 e. The van der Waals surface area contributed by atoms with Crippen molar-refractivity contribution in [1.82, 2.24) is 0 Å². The minimum Gasteiger partial charge on any atom is -0.542 e. The summed E-state index contributed by atoms with van der Waals surface area (Å²) in [7, 11) is 0. The highest BCUT2D eigenvalue weighted by atomic mass is 35.5. The molecule has 1 heterocycles. The predicted octanol–water partition coefficient (Wildman–Crippen LogP) is 2.11. The van der Waals surface area contributed by atoms with Crippen molar-refractivity contribution in [3.63, 3.8) is 0 Å². The molecule has 0 saturated heterocycles. The van der Waals surface area contributed by atoms with Crippen molar-refractivity contribution < 1.29 is 37.3 Å². The molecule has 10 heteroatoms. The van der Waals surface area contributed by atoms with Crippen LogP contribution in [0.5, 0.6) is 11.5 Å². The molecule has 0 radical (unpaired) electrons. The Kier molecular flexibility index (Phi) is 4.19. The number of carboxylic acids is 1. The van der Waals surface area contributed by atoms with Crippen molar-refractivity contribution in [3.8, 4) is 11.5 Å². The number of hydrogen-bond acceptors (Lipinski definition) is 5. The van der Waals surface area contributed by atoms with Crippen LogP contribution in [0.15, 0.2) is 48.5 Å². The highest BCUT2D eigenvalue weighted by Gasteiger charge is 2.53. The van der Waals surface area contributed by atoms with Crippen molar-refractivity contribution in [2.24, 2.45) is 0 Å². The maximum atomic E-state index is 12.6. The molecule has 1 unspecified atom stereocenters. The standard InChI is InChI=1S/C16H9ClF3NO5/c17-21-11-3-1-2-4-12(11)26-15(13(21)22,14(23)24)25-10-7-5-9(6-8-10)16(18,19)20/h1-8H,(H,23,24)/p-1. The molecule has 1 amide bonds. The van der Waals surface area contributed by atoms with Gasteiger partial charge in [0, 0.05) is 11.8 Å². The number of ether oxygens (including phenoxy) is 2. The molecule has 2 aromatic rings. The van der Waals surface area contributed by atoms with Crippen molar-refractivity contribution in [2.75, 3.05) is 4.42 Å². The molecule has 1 atom stereocenters. The van der Waals surface area contributed by atoms with Crippen LogP contribution in [0.25, 0.3) is 0 Å². The average molecular weight is 387 g/mol. The molecule has 0 aromatic heterocycles. The van der Waals surface area contributed by atoms with Gasteiger partial charge in [-0.15, -0.1) is 0 Å². The van der Waals surface area contributed by atoms with Gasteiger partial charge in [-0.05, 0) is 36.4 Å². The number of amides is 1. The highest BCUT2D eigenvalue weighted by Crippen LogP contribution is 2.40. The Bertz CT molecular complexity index is 871. The summed E-state index contributed by atoms with van der Waals surface area (Å²) >= 11 is 5.86. The molecule has 0 aliphatic carbocycles. The van der Waals surface area contributed by atoms with Crippen molar-refractivity contribution in [3.05, 3.63) is 54.1 Å². The smallest absolute Gasteiger partial charge is 0.416 e. The third kappa shape index (κ3) is 2.90. The van der Waals surface area contributed by atoms with Gasteiger partial charge in [-0.25, -0.2) is 4.42 Å². The van der Waals surface area contributed by atoms with Crippen molar-refractivity contribution >= 4 is 29.3 Å². The molecular weight excluding hydrogens is 379 g/mol. The van der Waals surface area contributed by atoms with Crippen LogP contribution < -0.4 is 19.0 Å². The predicted molar refractivity (Wildman–Crippen MR) is 80.2 cm³/mol. The van der Waals surface area contributed by atoms with Gasteiger partial charge < -0.3 is 19.4 Å². The first-order valence-electron chi connectivity index (χ1n) is 7.01. The first-order chi connectivity index (χ1) is 12.1. The quantitative estimate of drug-likeness (QED) is 0.596. The van der Waals surface area contributed by atoms with E-state index < -0.39 is 29.4 Å². The molecule has 2 aromatic carbocycles. The minimum absolute atomic E-state index is 0.0760. The van der Waals surface area contributed by atoms with Crippen LogP contribution in [-0.4, -0.2) is 17.7 Å². The lowest BCUT2D eigenvalue weighted by Gasteiger charge is -2.39. The number of benzene rings is 2. The summed E-state index contributed by atoms with van der Waals surface area (Å²) in [6.45, 7) is 0. The van der Waals surface area contributed by atoms with E-state index in [9.17, 15) is 27.9 Å². The summed E-state index contributed by atoms with van der Waals surface area (Å²) in [5, 5.41) is 11.6. The number of halogens is 4. The summed E-state index contributed by atoms with van der Waals surface area (Å²) in [6.07, 6.45) is -4.59. The Labute approximate surface area is 149 Å². The number of rotatable bonds is 3. The largest absolute Gasteiger partial charge is 0.542 e. The number of alkyl halides is 3. The zero-order valence-electron chi connectivity index (χ0n) is 12.6. The van der Waals surface area contributed by atoms with Gasteiger partial charge in [0.15, 0.2) is 0 Å². The fourth-order valence-corrected chi connectivity index (χ4v) is 2.51. The monoisotopic (exact) mass is 386 g/mol. The number of fused-ring (bicyclic) bond motifs is 1. The minimum atomic E-state index is -4.59. The lowest BCUT2D eigenvalue weighted by molar-refractivity contribution is -0.333. The third-order valence-corrected chi connectivity index (χ3v) is 3.84. The first-order valence-corrected chi connectivity index (χ1v) is 7.35. The van der Waals surface area contributed by atoms with E-state index in [1.165, 1.54) is 24.3 Å². The number of anilines is 1. The second kappa shape index (κ2) is 6.10. The Hall–Kier alpha value is -2.94. The topological polar surface area (TPSA) is 78.9 Å². The molecule has 0 spiro atoms. The fourth-order valence-electron chi connectivity index (χ4n) is 2.26. The van der Waals surface area contributed by atoms with Gasteiger partial charge in [0.1, 0.15) is 23.2 Å². The van der Waals surface area contributed by atoms with Crippen LogP contribution in [0, 0.1) is 0 Å². The molecule has 6 nitrogen and oxygen atoms in total. The summed E-state index contributed by atoms with van der Waals surface area (Å²) in [5.41, 5.74) is -0.903. The number of carboxylic acid groups (broad SMARTS) is 1. The number of nitrogens with zero attached hydrogens (tertiary/aromatic N) is 1. The van der Waals surface area contributed by atoms with E-state index in [-0.39, 0.29) is 17.2 Å². The van der Waals surface area contributed by atoms with Crippen LogP contribution in [0.3, 0.4) is 0 Å². The van der Waals surface area contributed by atoms with Crippen molar-refractivity contribution in [1.29, 1.82) is 0 Å². The lowest BCUT2D eigenvalue weighted by atomic mass is 10.1.